The van der Waals surface area contributed by atoms with E-state index in [1.165, 1.54) is 25.7 Å². The zero-order valence-corrected chi connectivity index (χ0v) is 12.0. The Balaban J connectivity index is 2.59. The predicted octanol–water partition coefficient (Wildman–Crippen LogP) is 4.62. The third kappa shape index (κ3) is 4.82. The van der Waals surface area contributed by atoms with E-state index in [1.807, 2.05) is 7.05 Å². The van der Waals surface area contributed by atoms with Crippen LogP contribution in [0.15, 0.2) is 12.3 Å². The zero-order valence-electron chi connectivity index (χ0n) is 10.5. The molecular weight excluding hydrogens is 255 g/mol. The van der Waals surface area contributed by atoms with E-state index < -0.39 is 0 Å². The number of nitrogens with one attached hydrogen (secondary N) is 1. The Bertz CT molecular complexity index is 342. The number of rotatable bonds is 7. The largest absolute Gasteiger partial charge is 0.312 e. The van der Waals surface area contributed by atoms with E-state index in [1.54, 1.807) is 12.3 Å². The Hall–Kier alpha value is -0.310. The third-order valence-corrected chi connectivity index (χ3v) is 3.37. The molecule has 1 heterocycles. The van der Waals surface area contributed by atoms with Gasteiger partial charge >= 0.3 is 0 Å². The van der Waals surface area contributed by atoms with Gasteiger partial charge in [-0.05, 0) is 19.5 Å². The average molecular weight is 275 g/mol. The molecule has 1 atom stereocenters. The third-order valence-electron chi connectivity index (χ3n) is 2.86. The summed E-state index contributed by atoms with van der Waals surface area (Å²) in [5.74, 6) is 0. The van der Waals surface area contributed by atoms with Gasteiger partial charge in [-0.15, -0.1) is 0 Å². The van der Waals surface area contributed by atoms with Gasteiger partial charge in [0.2, 0.25) is 0 Å². The number of aromatic nitrogens is 1. The fourth-order valence-electron chi connectivity index (χ4n) is 1.87. The minimum absolute atomic E-state index is 0.219. The van der Waals surface area contributed by atoms with E-state index in [9.17, 15) is 0 Å². The number of nitrogens with zero attached hydrogens (tertiary/aromatic N) is 1. The summed E-state index contributed by atoms with van der Waals surface area (Å²) < 4.78 is 0. The fraction of sp³-hybridized carbons (Fsp3) is 0.615. The normalized spacial score (nSPS) is 12.7. The van der Waals surface area contributed by atoms with Crippen molar-refractivity contribution in [1.29, 1.82) is 0 Å². The lowest BCUT2D eigenvalue weighted by Gasteiger charge is -2.16. The van der Waals surface area contributed by atoms with Crippen LogP contribution in [0.25, 0.3) is 0 Å². The first kappa shape index (κ1) is 14.7. The molecule has 0 aromatic carbocycles. The summed E-state index contributed by atoms with van der Waals surface area (Å²) in [6, 6.07) is 1.97. The maximum atomic E-state index is 6.16. The van der Waals surface area contributed by atoms with Crippen LogP contribution in [-0.2, 0) is 0 Å². The summed E-state index contributed by atoms with van der Waals surface area (Å²) in [6.45, 7) is 2.22. The minimum atomic E-state index is 0.219. The summed E-state index contributed by atoms with van der Waals surface area (Å²) in [7, 11) is 1.94. The second-order valence-corrected chi connectivity index (χ2v) is 5.05. The smallest absolute Gasteiger partial charge is 0.0760 e. The Morgan fingerprint density at radius 1 is 1.29 bits per heavy atom. The molecule has 0 aliphatic rings. The van der Waals surface area contributed by atoms with Crippen LogP contribution in [0, 0.1) is 0 Å². The molecule has 0 saturated heterocycles. The Kier molecular flexibility index (Phi) is 6.86. The van der Waals surface area contributed by atoms with Crippen molar-refractivity contribution in [2.45, 2.75) is 45.1 Å². The molecular formula is C13H20Cl2N2. The second-order valence-electron chi connectivity index (χ2n) is 4.21. The number of hydrogen-bond donors (Lipinski definition) is 1. The van der Waals surface area contributed by atoms with E-state index in [4.69, 9.17) is 23.2 Å². The Morgan fingerprint density at radius 3 is 2.65 bits per heavy atom. The highest BCUT2D eigenvalue weighted by Crippen LogP contribution is 2.26. The first-order valence-electron chi connectivity index (χ1n) is 6.17. The molecule has 1 rings (SSSR count). The van der Waals surface area contributed by atoms with Crippen molar-refractivity contribution in [3.8, 4) is 0 Å². The molecule has 0 aliphatic heterocycles. The fourth-order valence-corrected chi connectivity index (χ4v) is 2.39. The molecule has 0 aliphatic carbocycles. The highest BCUT2D eigenvalue weighted by molar-refractivity contribution is 6.34. The predicted molar refractivity (Wildman–Crippen MR) is 74.8 cm³/mol. The van der Waals surface area contributed by atoms with Gasteiger partial charge in [0.25, 0.3) is 0 Å². The van der Waals surface area contributed by atoms with E-state index >= 15 is 0 Å². The molecule has 1 aromatic rings. The van der Waals surface area contributed by atoms with Gasteiger partial charge in [-0.1, -0.05) is 55.8 Å². The molecule has 17 heavy (non-hydrogen) atoms. The van der Waals surface area contributed by atoms with Crippen LogP contribution in [0.4, 0.5) is 0 Å². The van der Waals surface area contributed by atoms with Crippen molar-refractivity contribution < 1.29 is 0 Å². The monoisotopic (exact) mass is 274 g/mol. The topological polar surface area (TPSA) is 24.9 Å². The van der Waals surface area contributed by atoms with Crippen LogP contribution < -0.4 is 5.32 Å². The van der Waals surface area contributed by atoms with Crippen molar-refractivity contribution in [3.05, 3.63) is 28.0 Å². The number of pyridine rings is 1. The second kappa shape index (κ2) is 7.91. The first-order chi connectivity index (χ1) is 8.19. The standard InChI is InChI=1S/C13H20Cl2N2/c1-3-4-5-6-7-12(16-2)13-11(15)8-10(14)9-17-13/h8-9,12,16H,3-7H2,1-2H3. The van der Waals surface area contributed by atoms with E-state index in [0.717, 1.165) is 12.1 Å². The lowest BCUT2D eigenvalue weighted by Crippen LogP contribution is -2.18. The molecule has 1 N–H and O–H groups in total. The molecule has 1 unspecified atom stereocenters. The molecule has 0 saturated carbocycles. The lowest BCUT2D eigenvalue weighted by molar-refractivity contribution is 0.496. The van der Waals surface area contributed by atoms with E-state index in [0.29, 0.717) is 10.0 Å². The number of halogens is 2. The highest BCUT2D eigenvalue weighted by atomic mass is 35.5. The summed E-state index contributed by atoms with van der Waals surface area (Å²) in [5, 5.41) is 4.49. The van der Waals surface area contributed by atoms with Gasteiger partial charge in [-0.3, -0.25) is 4.98 Å². The highest BCUT2D eigenvalue weighted by Gasteiger charge is 2.14. The molecule has 0 radical (unpaired) electrons. The van der Waals surface area contributed by atoms with Crippen molar-refractivity contribution in [2.24, 2.45) is 0 Å². The maximum absolute atomic E-state index is 6.16. The van der Waals surface area contributed by atoms with Gasteiger partial charge in [-0.2, -0.15) is 0 Å². The van der Waals surface area contributed by atoms with Crippen LogP contribution in [0.2, 0.25) is 10.0 Å². The first-order valence-corrected chi connectivity index (χ1v) is 6.92. The number of unbranched alkanes of at least 4 members (excludes halogenated alkanes) is 3. The van der Waals surface area contributed by atoms with Gasteiger partial charge in [0.15, 0.2) is 0 Å². The molecule has 4 heteroatoms. The number of hydrogen-bond acceptors (Lipinski definition) is 2. The molecule has 1 aromatic heterocycles. The van der Waals surface area contributed by atoms with Gasteiger partial charge in [0, 0.05) is 6.20 Å². The van der Waals surface area contributed by atoms with Crippen molar-refractivity contribution in [1.82, 2.24) is 10.3 Å². The van der Waals surface area contributed by atoms with Crippen LogP contribution in [0.1, 0.15) is 50.8 Å². The summed E-state index contributed by atoms with van der Waals surface area (Å²) >= 11 is 12.0. The quantitative estimate of drug-likeness (QED) is 0.734. The SMILES string of the molecule is CCCCCCC(NC)c1ncc(Cl)cc1Cl. The summed E-state index contributed by atoms with van der Waals surface area (Å²) in [5.41, 5.74) is 0.898. The van der Waals surface area contributed by atoms with Crippen LogP contribution >= 0.6 is 23.2 Å². The summed E-state index contributed by atoms with van der Waals surface area (Å²) in [6.07, 6.45) is 7.71. The maximum Gasteiger partial charge on any atom is 0.0760 e. The summed E-state index contributed by atoms with van der Waals surface area (Å²) in [4.78, 5) is 4.32. The van der Waals surface area contributed by atoms with Crippen molar-refractivity contribution in [2.75, 3.05) is 7.05 Å². The van der Waals surface area contributed by atoms with Crippen molar-refractivity contribution >= 4 is 23.2 Å². The molecule has 0 bridgehead atoms. The van der Waals surface area contributed by atoms with Crippen molar-refractivity contribution in [3.63, 3.8) is 0 Å². The average Bonchev–Trinajstić information content (AvgIpc) is 2.31. The van der Waals surface area contributed by atoms with E-state index in [-0.39, 0.29) is 6.04 Å². The van der Waals surface area contributed by atoms with Gasteiger partial charge in [0.1, 0.15) is 0 Å². The zero-order chi connectivity index (χ0) is 12.7. The van der Waals surface area contributed by atoms with Crippen LogP contribution in [-0.4, -0.2) is 12.0 Å². The minimum Gasteiger partial charge on any atom is -0.312 e. The molecule has 96 valence electrons. The lowest BCUT2D eigenvalue weighted by atomic mass is 10.0. The molecule has 0 fully saturated rings. The molecule has 2 nitrogen and oxygen atoms in total. The molecule has 0 spiro atoms. The van der Waals surface area contributed by atoms with Gasteiger partial charge in [0.05, 0.1) is 21.8 Å². The van der Waals surface area contributed by atoms with Gasteiger partial charge in [-0.25, -0.2) is 0 Å². The van der Waals surface area contributed by atoms with Crippen LogP contribution in [0.5, 0.6) is 0 Å². The van der Waals surface area contributed by atoms with E-state index in [2.05, 4.69) is 17.2 Å². The van der Waals surface area contributed by atoms with Gasteiger partial charge < -0.3 is 5.32 Å². The Morgan fingerprint density at radius 2 is 2.06 bits per heavy atom. The van der Waals surface area contributed by atoms with Crippen LogP contribution in [0.3, 0.4) is 0 Å². The molecule has 0 amide bonds. The Labute approximate surface area is 114 Å².